The lowest BCUT2D eigenvalue weighted by atomic mass is 10.2. The van der Waals surface area contributed by atoms with Crippen molar-refractivity contribution in [3.05, 3.63) is 0 Å². The lowest BCUT2D eigenvalue weighted by Crippen LogP contribution is -2.18. The van der Waals surface area contributed by atoms with Crippen LogP contribution in [0.3, 0.4) is 0 Å². The van der Waals surface area contributed by atoms with E-state index in [0.29, 0.717) is 6.54 Å². The van der Waals surface area contributed by atoms with E-state index in [-0.39, 0.29) is 0 Å². The molecule has 0 radical (unpaired) electrons. The Labute approximate surface area is 76.8 Å². The van der Waals surface area contributed by atoms with Crippen LogP contribution in [0.5, 0.6) is 0 Å². The fraction of sp³-hybridized carbons (Fsp3) is 1.00. The zero-order valence-corrected chi connectivity index (χ0v) is 8.52. The summed E-state index contributed by atoms with van der Waals surface area (Å²) in [4.78, 5) is 2.12. The Morgan fingerprint density at radius 1 is 1.33 bits per heavy atom. The fourth-order valence-electron chi connectivity index (χ4n) is 0.885. The molecule has 0 bridgehead atoms. The lowest BCUT2D eigenvalue weighted by molar-refractivity contribution is 0.391. The quantitative estimate of drug-likeness (QED) is 0.461. The van der Waals surface area contributed by atoms with E-state index in [1.807, 2.05) is 14.1 Å². The van der Waals surface area contributed by atoms with Crippen molar-refractivity contribution in [2.75, 3.05) is 27.2 Å². The maximum atomic E-state index is 10.0. The van der Waals surface area contributed by atoms with Gasteiger partial charge in [-0.05, 0) is 33.5 Å². The Morgan fingerprint density at radius 3 is 2.50 bits per heavy atom. The van der Waals surface area contributed by atoms with Crippen molar-refractivity contribution in [3.8, 4) is 0 Å². The third-order valence-corrected chi connectivity index (χ3v) is 1.94. The lowest BCUT2D eigenvalue weighted by Gasteiger charge is -2.09. The minimum atomic E-state index is -2.09. The number of nitrogens with zero attached hydrogens (tertiary/aromatic N) is 1. The first kappa shape index (κ1) is 12.0. The second kappa shape index (κ2) is 7.67. The number of hydrogen-bond donors (Lipinski definition) is 1. The fourth-order valence-corrected chi connectivity index (χ4v) is 1.20. The van der Waals surface area contributed by atoms with Gasteiger partial charge in [-0.25, -0.2) is 4.72 Å². The summed E-state index contributed by atoms with van der Waals surface area (Å²) in [6, 6.07) is 0. The summed E-state index contributed by atoms with van der Waals surface area (Å²) in [5.41, 5.74) is 0. The van der Waals surface area contributed by atoms with Crippen molar-refractivity contribution < 1.29 is 8.76 Å². The molecule has 0 fully saturated rings. The van der Waals surface area contributed by atoms with Crippen molar-refractivity contribution >= 4 is 11.3 Å². The number of hydrogen-bond acceptors (Lipinski definition) is 3. The highest BCUT2D eigenvalue weighted by Gasteiger charge is 1.91. The van der Waals surface area contributed by atoms with Crippen LogP contribution in [0, 0.1) is 0 Å². The topological polar surface area (TPSA) is 55.4 Å². The van der Waals surface area contributed by atoms with Gasteiger partial charge in [-0.15, -0.1) is 0 Å². The molecule has 0 rings (SSSR count). The van der Waals surface area contributed by atoms with Gasteiger partial charge < -0.3 is 9.45 Å². The Kier molecular flexibility index (Phi) is 7.69. The molecule has 12 heavy (non-hydrogen) atoms. The van der Waals surface area contributed by atoms with Gasteiger partial charge in [0, 0.05) is 17.8 Å². The molecule has 0 aliphatic carbocycles. The SMILES string of the molecule is CN(C)CCCCCNS(=O)[O-]. The largest absolute Gasteiger partial charge is 0.760 e. The summed E-state index contributed by atoms with van der Waals surface area (Å²) >= 11 is -2.09. The monoisotopic (exact) mass is 193 g/mol. The van der Waals surface area contributed by atoms with Crippen molar-refractivity contribution in [3.63, 3.8) is 0 Å². The highest BCUT2D eigenvalue weighted by molar-refractivity contribution is 7.77. The van der Waals surface area contributed by atoms with Crippen LogP contribution in [-0.4, -0.2) is 40.8 Å². The second-order valence-electron chi connectivity index (χ2n) is 2.99. The molecular formula is C7H17N2O2S-. The van der Waals surface area contributed by atoms with Gasteiger partial charge in [0.25, 0.3) is 0 Å². The molecule has 0 aromatic rings. The van der Waals surface area contributed by atoms with Crippen LogP contribution in [0.25, 0.3) is 0 Å². The van der Waals surface area contributed by atoms with Crippen LogP contribution in [0.4, 0.5) is 0 Å². The molecule has 5 heteroatoms. The summed E-state index contributed by atoms with van der Waals surface area (Å²) in [5, 5.41) is 0. The highest BCUT2D eigenvalue weighted by Crippen LogP contribution is 1.94. The summed E-state index contributed by atoms with van der Waals surface area (Å²) in [6.07, 6.45) is 3.12. The van der Waals surface area contributed by atoms with E-state index in [9.17, 15) is 8.76 Å². The molecule has 0 saturated carbocycles. The minimum Gasteiger partial charge on any atom is -0.760 e. The van der Waals surface area contributed by atoms with Crippen LogP contribution >= 0.6 is 0 Å². The standard InChI is InChI=1S/C7H18N2O2S/c1-9(2)7-5-3-4-6-8-12(10)11/h8H,3-7H2,1-2H3,(H,10,11)/p-1. The van der Waals surface area contributed by atoms with E-state index < -0.39 is 11.3 Å². The molecule has 0 aliphatic rings. The molecule has 0 aromatic carbocycles. The van der Waals surface area contributed by atoms with Gasteiger partial charge in [0.15, 0.2) is 0 Å². The van der Waals surface area contributed by atoms with Gasteiger partial charge in [-0.1, -0.05) is 6.42 Å². The van der Waals surface area contributed by atoms with E-state index >= 15 is 0 Å². The van der Waals surface area contributed by atoms with E-state index in [2.05, 4.69) is 9.62 Å². The first-order chi connectivity index (χ1) is 5.63. The smallest absolute Gasteiger partial charge is 0.0181 e. The minimum absolute atomic E-state index is 0.559. The number of rotatable bonds is 7. The second-order valence-corrected chi connectivity index (χ2v) is 3.75. The predicted molar refractivity (Wildman–Crippen MR) is 49.3 cm³/mol. The zero-order valence-electron chi connectivity index (χ0n) is 7.71. The van der Waals surface area contributed by atoms with Crippen LogP contribution < -0.4 is 4.72 Å². The van der Waals surface area contributed by atoms with Crippen molar-refractivity contribution in [1.82, 2.24) is 9.62 Å². The van der Waals surface area contributed by atoms with E-state index in [1.54, 1.807) is 0 Å². The van der Waals surface area contributed by atoms with Gasteiger partial charge in [0.05, 0.1) is 0 Å². The third kappa shape index (κ3) is 10.0. The van der Waals surface area contributed by atoms with Crippen LogP contribution in [0.1, 0.15) is 19.3 Å². The molecule has 0 aromatic heterocycles. The molecule has 0 aliphatic heterocycles. The molecule has 0 amide bonds. The summed E-state index contributed by atoms with van der Waals surface area (Å²) in [5.74, 6) is 0. The van der Waals surface area contributed by atoms with Crippen LogP contribution in [0.2, 0.25) is 0 Å². The molecule has 1 unspecified atom stereocenters. The van der Waals surface area contributed by atoms with E-state index in [0.717, 1.165) is 25.8 Å². The van der Waals surface area contributed by atoms with Gasteiger partial charge in [0.1, 0.15) is 0 Å². The zero-order chi connectivity index (χ0) is 9.40. The average Bonchev–Trinajstić information content (AvgIpc) is 1.95. The Bertz CT molecular complexity index is 131. The van der Waals surface area contributed by atoms with Crippen LogP contribution in [-0.2, 0) is 11.3 Å². The molecule has 0 saturated heterocycles. The van der Waals surface area contributed by atoms with Gasteiger partial charge in [-0.2, -0.15) is 0 Å². The van der Waals surface area contributed by atoms with Crippen molar-refractivity contribution in [1.29, 1.82) is 0 Å². The predicted octanol–water partition coefficient (Wildman–Crippen LogP) is 0.102. The number of unbranched alkanes of at least 4 members (excludes halogenated alkanes) is 2. The van der Waals surface area contributed by atoms with Crippen molar-refractivity contribution in [2.24, 2.45) is 0 Å². The van der Waals surface area contributed by atoms with Gasteiger partial charge >= 0.3 is 0 Å². The molecular weight excluding hydrogens is 176 g/mol. The molecule has 0 spiro atoms. The van der Waals surface area contributed by atoms with E-state index in [1.165, 1.54) is 0 Å². The maximum Gasteiger partial charge on any atom is 0.0181 e. The summed E-state index contributed by atoms with van der Waals surface area (Å²) < 4.78 is 22.4. The first-order valence-electron chi connectivity index (χ1n) is 4.10. The summed E-state index contributed by atoms with van der Waals surface area (Å²) in [6.45, 7) is 1.63. The van der Waals surface area contributed by atoms with Crippen LogP contribution in [0.15, 0.2) is 0 Å². The first-order valence-corrected chi connectivity index (χ1v) is 5.18. The van der Waals surface area contributed by atoms with E-state index in [4.69, 9.17) is 0 Å². The molecule has 74 valence electrons. The molecule has 0 heterocycles. The average molecular weight is 193 g/mol. The van der Waals surface area contributed by atoms with Gasteiger partial charge in [0.2, 0.25) is 0 Å². The molecule has 4 nitrogen and oxygen atoms in total. The van der Waals surface area contributed by atoms with Crippen molar-refractivity contribution in [2.45, 2.75) is 19.3 Å². The highest BCUT2D eigenvalue weighted by atomic mass is 32.2. The molecule has 1 N–H and O–H groups in total. The third-order valence-electron chi connectivity index (χ3n) is 1.50. The Hall–Kier alpha value is 0.0300. The summed E-state index contributed by atoms with van der Waals surface area (Å²) in [7, 11) is 4.07. The Morgan fingerprint density at radius 2 is 2.00 bits per heavy atom. The normalized spacial score (nSPS) is 13.7. The molecule has 1 atom stereocenters. The number of nitrogens with one attached hydrogen (secondary N) is 1. The Balaban J connectivity index is 2.96. The van der Waals surface area contributed by atoms with Gasteiger partial charge in [-0.3, -0.25) is 4.21 Å². The maximum absolute atomic E-state index is 10.0.